The number of fused-ring (bicyclic) bond motifs is 8. The molecule has 8 nitrogen and oxygen atoms in total. The number of aryl methyl sites for hydroxylation is 1. The number of aliphatic hydroxyl groups is 2. The highest BCUT2D eigenvalue weighted by atomic mass is 16.6. The number of carbonyl (C=O) groups excluding carboxylic acids is 2. The zero-order valence-corrected chi connectivity index (χ0v) is 38.3. The van der Waals surface area contributed by atoms with Crippen molar-refractivity contribution in [3.8, 4) is 17.6 Å². The number of ketones is 1. The Hall–Kier alpha value is -2.96. The van der Waals surface area contributed by atoms with Gasteiger partial charge in [-0.1, -0.05) is 44.4 Å². The zero-order valence-electron chi connectivity index (χ0n) is 38.3. The molecule has 0 bridgehead atoms. The Kier molecular flexibility index (Phi) is 11.0. The molecular weight excluding hydrogens is 777 g/mol. The first kappa shape index (κ1) is 43.0. The fraction of sp³-hybridized carbons (Fsp3) is 0.741. The topological polar surface area (TPSA) is 115 Å². The summed E-state index contributed by atoms with van der Waals surface area (Å²) in [7, 11) is 1.45. The van der Waals surface area contributed by atoms with Crippen LogP contribution in [0.2, 0.25) is 0 Å². The Balaban J connectivity index is 0.775. The lowest BCUT2D eigenvalue weighted by atomic mass is 9.43. The summed E-state index contributed by atoms with van der Waals surface area (Å²) in [6.07, 6.45) is 15.9. The van der Waals surface area contributed by atoms with Crippen molar-refractivity contribution in [3.05, 3.63) is 52.1 Å². The van der Waals surface area contributed by atoms with Crippen molar-refractivity contribution in [2.75, 3.05) is 20.3 Å². The third-order valence-corrected chi connectivity index (χ3v) is 19.7. The van der Waals surface area contributed by atoms with Crippen LogP contribution in [-0.2, 0) is 23.8 Å². The van der Waals surface area contributed by atoms with Crippen LogP contribution in [0.4, 0.5) is 0 Å². The molecule has 8 aliphatic carbocycles. The van der Waals surface area contributed by atoms with Crippen LogP contribution in [-0.4, -0.2) is 71.8 Å². The molecule has 1 aromatic carbocycles. The number of epoxide rings is 1. The van der Waals surface area contributed by atoms with E-state index in [1.165, 1.54) is 30.2 Å². The SMILES string of the molecule is CC#C[C@]12CCC3C4CCC5=CC(=O)CCC5=C4[C@@H](c4ccc(OCCO[C@H]5CC[C@@]6(C)C(C5)C[C@@H](O)[C@H]5[C@@H]7CC[C@H]([C@H](C)CCC(=O)OC)[C@@]7(C)[C@@H](O)C[C@@H]56)c(C)c4)C[C@@]31O2. The van der Waals surface area contributed by atoms with Crippen LogP contribution >= 0.6 is 0 Å². The van der Waals surface area contributed by atoms with Gasteiger partial charge in [0.1, 0.15) is 18.0 Å². The van der Waals surface area contributed by atoms with Crippen LogP contribution in [0.15, 0.2) is 41.0 Å². The van der Waals surface area contributed by atoms with Crippen molar-refractivity contribution >= 4 is 11.8 Å². The molecule has 1 saturated heterocycles. The summed E-state index contributed by atoms with van der Waals surface area (Å²) in [4.78, 5) is 24.5. The number of methoxy groups -OCH3 is 1. The van der Waals surface area contributed by atoms with Crippen LogP contribution in [0, 0.1) is 76.9 Å². The standard InChI is InChI=1S/C54H72O8/c1-7-20-53-22-19-42-39-12-9-34-26-36(55)11-13-38(34)49(39)40(30-54(42,53)62-53)33-10-16-46(32(3)25-33)61-24-23-60-37-18-21-51(4)35(27-37)28-45(56)50-43-15-14-41(31(2)8-17-48(58)59-6)52(43,5)47(57)29-44(50)51/h10,16,25-26,31,35,37,39-45,47,50,56-57H,8-9,11-15,17-19,21-24,27-30H2,1-6H3/t31-,35?,37+,39?,40-,41-,42?,43+,44+,45-,47+,50+,51+,52-,53+,54-/m1/s1. The smallest absolute Gasteiger partial charge is 0.305 e. The molecule has 1 heterocycles. The highest BCUT2D eigenvalue weighted by Crippen LogP contribution is 2.73. The van der Waals surface area contributed by atoms with Gasteiger partial charge in [-0.25, -0.2) is 0 Å². The summed E-state index contributed by atoms with van der Waals surface area (Å²) in [5, 5.41) is 24.0. The van der Waals surface area contributed by atoms with Gasteiger partial charge in [0.15, 0.2) is 11.4 Å². The number of hydrogen-bond donors (Lipinski definition) is 2. The third kappa shape index (κ3) is 6.58. The van der Waals surface area contributed by atoms with Gasteiger partial charge in [0, 0.05) is 18.8 Å². The minimum absolute atomic E-state index is 0.0733. The molecule has 1 aromatic rings. The number of benzene rings is 1. The van der Waals surface area contributed by atoms with E-state index in [4.69, 9.17) is 18.9 Å². The zero-order chi connectivity index (χ0) is 43.3. The van der Waals surface area contributed by atoms with Crippen LogP contribution in [0.3, 0.4) is 0 Å². The first-order chi connectivity index (χ1) is 29.8. The van der Waals surface area contributed by atoms with Crippen LogP contribution in [0.1, 0.15) is 147 Å². The molecule has 0 radical (unpaired) electrons. The molecule has 0 amide bonds. The summed E-state index contributed by atoms with van der Waals surface area (Å²) < 4.78 is 24.7. The van der Waals surface area contributed by atoms with Gasteiger partial charge in [-0.3, -0.25) is 9.59 Å². The van der Waals surface area contributed by atoms with Crippen molar-refractivity contribution in [2.24, 2.45) is 58.2 Å². The maximum absolute atomic E-state index is 12.5. The van der Waals surface area contributed by atoms with E-state index in [2.05, 4.69) is 57.7 Å². The summed E-state index contributed by atoms with van der Waals surface area (Å²) in [5.41, 5.74) is 6.15. The fourth-order valence-electron chi connectivity index (χ4n) is 16.7. The van der Waals surface area contributed by atoms with E-state index in [1.807, 2.05) is 13.0 Å². The van der Waals surface area contributed by atoms with Crippen LogP contribution in [0.5, 0.6) is 5.75 Å². The summed E-state index contributed by atoms with van der Waals surface area (Å²) in [6.45, 7) is 12.1. The van der Waals surface area contributed by atoms with Gasteiger partial charge in [0.05, 0.1) is 32.0 Å². The number of ether oxygens (including phenoxy) is 4. The lowest BCUT2D eigenvalue weighted by Gasteiger charge is -2.63. The van der Waals surface area contributed by atoms with Crippen molar-refractivity contribution in [1.82, 2.24) is 0 Å². The van der Waals surface area contributed by atoms with E-state index in [9.17, 15) is 19.8 Å². The molecular formula is C54H72O8. The minimum Gasteiger partial charge on any atom is -0.491 e. The van der Waals surface area contributed by atoms with E-state index in [0.717, 1.165) is 94.8 Å². The molecule has 1 spiro atoms. The monoisotopic (exact) mass is 849 g/mol. The largest absolute Gasteiger partial charge is 0.491 e. The lowest BCUT2D eigenvalue weighted by Crippen LogP contribution is -2.62. The molecule has 3 unspecified atom stereocenters. The summed E-state index contributed by atoms with van der Waals surface area (Å²) in [6, 6.07) is 6.77. The quantitative estimate of drug-likeness (QED) is 0.104. The Morgan fingerprint density at radius 3 is 2.61 bits per heavy atom. The second kappa shape index (κ2) is 15.9. The van der Waals surface area contributed by atoms with Gasteiger partial charge in [-0.15, -0.1) is 5.92 Å². The average molecular weight is 849 g/mol. The van der Waals surface area contributed by atoms with Crippen LogP contribution < -0.4 is 4.74 Å². The molecule has 9 aliphatic rings. The van der Waals surface area contributed by atoms with Crippen molar-refractivity contribution in [3.63, 3.8) is 0 Å². The normalized spacial score (nSPS) is 44.2. The number of allylic oxidation sites excluding steroid dienone is 4. The molecule has 16 atom stereocenters. The van der Waals surface area contributed by atoms with Gasteiger partial charge < -0.3 is 29.2 Å². The number of carbonyl (C=O) groups is 2. The van der Waals surface area contributed by atoms with E-state index in [-0.39, 0.29) is 57.8 Å². The fourth-order valence-corrected chi connectivity index (χ4v) is 16.7. The molecule has 8 heteroatoms. The van der Waals surface area contributed by atoms with Gasteiger partial charge in [0.25, 0.3) is 0 Å². The van der Waals surface area contributed by atoms with Crippen molar-refractivity contribution in [2.45, 2.75) is 173 Å². The Bertz CT molecular complexity index is 2090. The Labute approximate surface area is 370 Å². The predicted molar refractivity (Wildman–Crippen MR) is 237 cm³/mol. The molecule has 1 aliphatic heterocycles. The van der Waals surface area contributed by atoms with E-state index in [0.29, 0.717) is 67.5 Å². The predicted octanol–water partition coefficient (Wildman–Crippen LogP) is 9.37. The van der Waals surface area contributed by atoms with Gasteiger partial charge in [-0.05, 0) is 196 Å². The highest BCUT2D eigenvalue weighted by Gasteiger charge is 2.79. The molecule has 6 saturated carbocycles. The number of aliphatic hydroxyl groups excluding tert-OH is 2. The maximum Gasteiger partial charge on any atom is 0.305 e. The van der Waals surface area contributed by atoms with Gasteiger partial charge in [-0.2, -0.15) is 0 Å². The molecule has 62 heavy (non-hydrogen) atoms. The van der Waals surface area contributed by atoms with Gasteiger partial charge in [0.2, 0.25) is 0 Å². The van der Waals surface area contributed by atoms with E-state index < -0.39 is 6.10 Å². The number of rotatable bonds is 10. The number of hydrogen-bond acceptors (Lipinski definition) is 8. The Morgan fingerprint density at radius 2 is 1.82 bits per heavy atom. The summed E-state index contributed by atoms with van der Waals surface area (Å²) in [5.74, 6) is 10.8. The molecule has 7 fully saturated rings. The lowest BCUT2D eigenvalue weighted by molar-refractivity contribution is -0.209. The van der Waals surface area contributed by atoms with E-state index >= 15 is 0 Å². The molecule has 336 valence electrons. The molecule has 0 aromatic heterocycles. The minimum atomic E-state index is -0.404. The highest BCUT2D eigenvalue weighted by molar-refractivity contribution is 5.93. The second-order valence-electron chi connectivity index (χ2n) is 22.1. The first-order valence-electron chi connectivity index (χ1n) is 24.7. The van der Waals surface area contributed by atoms with Crippen molar-refractivity contribution < 1.29 is 38.7 Å². The maximum atomic E-state index is 12.5. The average Bonchev–Trinajstić information content (AvgIpc) is 3.52. The van der Waals surface area contributed by atoms with Crippen molar-refractivity contribution in [1.29, 1.82) is 0 Å². The summed E-state index contributed by atoms with van der Waals surface area (Å²) >= 11 is 0. The molecule has 10 rings (SSSR count). The second-order valence-corrected chi connectivity index (χ2v) is 22.1. The Morgan fingerprint density at radius 1 is 0.984 bits per heavy atom. The number of esters is 1. The van der Waals surface area contributed by atoms with Crippen LogP contribution in [0.25, 0.3) is 0 Å². The first-order valence-corrected chi connectivity index (χ1v) is 24.7. The molecule has 2 N–H and O–H groups in total. The van der Waals surface area contributed by atoms with E-state index in [1.54, 1.807) is 5.57 Å². The van der Waals surface area contributed by atoms with Gasteiger partial charge >= 0.3 is 5.97 Å². The third-order valence-electron chi connectivity index (χ3n) is 19.7.